The third-order valence-electron chi connectivity index (χ3n) is 8.12. The van der Waals surface area contributed by atoms with Gasteiger partial charge in [0.2, 0.25) is 5.82 Å². The fourth-order valence-electron chi connectivity index (χ4n) is 4.44. The van der Waals surface area contributed by atoms with Crippen LogP contribution in [0.1, 0.15) is 50.4 Å². The molecule has 1 aliphatic heterocycles. The molecular weight excluding hydrogens is 617 g/mol. The van der Waals surface area contributed by atoms with Crippen LogP contribution >= 0.6 is 0 Å². The van der Waals surface area contributed by atoms with E-state index in [0.717, 1.165) is 22.9 Å². The van der Waals surface area contributed by atoms with E-state index in [1.807, 2.05) is 0 Å². The molecule has 244 valence electrons. The molecule has 46 heavy (non-hydrogen) atoms. The van der Waals surface area contributed by atoms with Crippen LogP contribution in [0.5, 0.6) is 0 Å². The number of halogens is 1. The number of tetrazole rings is 1. The first-order valence-electron chi connectivity index (χ1n) is 14.4. The molecule has 1 fully saturated rings. The van der Waals surface area contributed by atoms with Crippen LogP contribution in [0.2, 0.25) is 18.1 Å². The monoisotopic (exact) mass is 653 g/mol. The Morgan fingerprint density at radius 2 is 1.98 bits per heavy atom. The van der Waals surface area contributed by atoms with Crippen molar-refractivity contribution in [1.82, 2.24) is 29.3 Å². The van der Waals surface area contributed by atoms with Crippen molar-refractivity contribution in [1.29, 1.82) is 0 Å². The van der Waals surface area contributed by atoms with E-state index in [0.29, 0.717) is 5.56 Å². The first-order chi connectivity index (χ1) is 21.6. The van der Waals surface area contributed by atoms with Crippen molar-refractivity contribution >= 4 is 26.1 Å². The van der Waals surface area contributed by atoms with Crippen LogP contribution in [-0.4, -0.2) is 67.3 Å². The van der Waals surface area contributed by atoms with Crippen molar-refractivity contribution in [2.75, 3.05) is 6.61 Å². The SMILES string of the molecule is Cc1cn([C@H]2C[C@H](N=[N+]=[N-])[C@@H](CO[Si](C)(C)C(C)(C)C)O2)c(=O)n(/C=C/C(=O)/C=C(\O)c2nnnn2Cc2ccc(F)cc2)c1=O. The van der Waals surface area contributed by atoms with Crippen molar-refractivity contribution in [3.63, 3.8) is 0 Å². The predicted molar refractivity (Wildman–Crippen MR) is 169 cm³/mol. The average molecular weight is 654 g/mol. The van der Waals surface area contributed by atoms with Gasteiger partial charge in [0, 0.05) is 41.4 Å². The number of carbonyl (C=O) groups is 1. The number of aliphatic hydroxyl groups is 1. The van der Waals surface area contributed by atoms with Crippen LogP contribution < -0.4 is 11.2 Å². The largest absolute Gasteiger partial charge is 0.504 e. The highest BCUT2D eigenvalue weighted by atomic mass is 28.4. The minimum Gasteiger partial charge on any atom is -0.504 e. The van der Waals surface area contributed by atoms with E-state index in [2.05, 4.69) is 59.4 Å². The fraction of sp³-hybridized carbons (Fsp3) is 0.448. The van der Waals surface area contributed by atoms with Gasteiger partial charge in [-0.15, -0.1) is 5.10 Å². The van der Waals surface area contributed by atoms with Gasteiger partial charge in [0.15, 0.2) is 19.9 Å². The Kier molecular flexibility index (Phi) is 10.2. The fourth-order valence-corrected chi connectivity index (χ4v) is 5.46. The lowest BCUT2D eigenvalue weighted by Crippen LogP contribution is -2.43. The molecule has 3 atom stereocenters. The van der Waals surface area contributed by atoms with Gasteiger partial charge in [-0.2, -0.15) is 0 Å². The Morgan fingerprint density at radius 1 is 1.28 bits per heavy atom. The standard InChI is InChI=1S/C29H36FN9O6Si/c1-18-15-38(25-14-22(32-34-31)24(45-25)17-44-46(5,6)29(2,3)4)28(43)37(27(18)42)12-11-21(40)13-23(41)26-33-35-36-39(26)16-19-7-9-20(30)10-8-19/h7-13,15,22,24-25,41H,14,16-17H2,1-6H3/b12-11+,23-13-/t22-,24+,25+/m0/s1. The summed E-state index contributed by atoms with van der Waals surface area (Å²) in [5, 5.41) is 25.4. The summed E-state index contributed by atoms with van der Waals surface area (Å²) in [6, 6.07) is 4.98. The second-order valence-corrected chi connectivity index (χ2v) is 17.2. The molecule has 3 heterocycles. The summed E-state index contributed by atoms with van der Waals surface area (Å²) in [7, 11) is -2.15. The first kappa shape index (κ1) is 34.2. The third kappa shape index (κ3) is 7.74. The minimum absolute atomic E-state index is 0.0586. The van der Waals surface area contributed by atoms with Gasteiger partial charge in [-0.05, 0) is 58.7 Å². The summed E-state index contributed by atoms with van der Waals surface area (Å²) < 4.78 is 28.8. The number of aliphatic hydroxyl groups excluding tert-OH is 1. The maximum Gasteiger partial charge on any atom is 0.337 e. The smallest absolute Gasteiger partial charge is 0.337 e. The van der Waals surface area contributed by atoms with Gasteiger partial charge in [0.25, 0.3) is 5.56 Å². The minimum atomic E-state index is -2.15. The Bertz CT molecular complexity index is 1820. The molecule has 2 aromatic heterocycles. The Balaban J connectivity index is 1.54. The lowest BCUT2D eigenvalue weighted by molar-refractivity contribution is -0.110. The Morgan fingerprint density at radius 3 is 2.63 bits per heavy atom. The molecule has 3 aromatic rings. The van der Waals surface area contributed by atoms with Gasteiger partial charge in [0.1, 0.15) is 12.0 Å². The zero-order valence-corrected chi connectivity index (χ0v) is 27.4. The van der Waals surface area contributed by atoms with Crippen molar-refractivity contribution in [3.05, 3.63) is 96.7 Å². The molecule has 17 heteroatoms. The highest BCUT2D eigenvalue weighted by Crippen LogP contribution is 2.38. The number of aromatic nitrogens is 6. The number of hydrogen-bond donors (Lipinski definition) is 1. The van der Waals surface area contributed by atoms with Gasteiger partial charge in [-0.3, -0.25) is 14.2 Å². The van der Waals surface area contributed by atoms with Crippen molar-refractivity contribution in [2.45, 2.75) is 77.2 Å². The molecule has 0 amide bonds. The van der Waals surface area contributed by atoms with Crippen LogP contribution in [0.3, 0.4) is 0 Å². The number of benzene rings is 1. The van der Waals surface area contributed by atoms with E-state index in [1.54, 1.807) is 0 Å². The van der Waals surface area contributed by atoms with E-state index in [9.17, 15) is 23.9 Å². The number of allylic oxidation sites excluding steroid dienone is 2. The molecule has 0 spiro atoms. The number of ketones is 1. The van der Waals surface area contributed by atoms with Crippen LogP contribution in [0.25, 0.3) is 22.4 Å². The summed E-state index contributed by atoms with van der Waals surface area (Å²) in [4.78, 5) is 42.0. The van der Waals surface area contributed by atoms with E-state index >= 15 is 0 Å². The molecule has 4 rings (SSSR count). The molecule has 0 aliphatic carbocycles. The summed E-state index contributed by atoms with van der Waals surface area (Å²) in [5.74, 6) is -1.87. The normalized spacial score (nSPS) is 19.0. The predicted octanol–water partition coefficient (Wildman–Crippen LogP) is 4.12. The number of azide groups is 1. The van der Waals surface area contributed by atoms with Gasteiger partial charge in [0.05, 0.1) is 25.3 Å². The molecule has 1 N–H and O–H groups in total. The van der Waals surface area contributed by atoms with Crippen LogP contribution in [0.4, 0.5) is 4.39 Å². The average Bonchev–Trinajstić information content (AvgIpc) is 3.61. The van der Waals surface area contributed by atoms with E-state index < -0.39 is 55.3 Å². The van der Waals surface area contributed by atoms with Crippen molar-refractivity contribution < 1.29 is 23.5 Å². The second-order valence-electron chi connectivity index (χ2n) is 12.4. The van der Waals surface area contributed by atoms with Crippen LogP contribution in [-0.2, 0) is 20.5 Å². The second kappa shape index (κ2) is 13.7. The van der Waals surface area contributed by atoms with Gasteiger partial charge < -0.3 is 14.3 Å². The number of aryl methyl sites for hydroxylation is 1. The molecule has 0 saturated carbocycles. The van der Waals surface area contributed by atoms with Gasteiger partial charge in [-0.1, -0.05) is 38.0 Å². The number of carbonyl (C=O) groups excluding carboxylic acids is 1. The van der Waals surface area contributed by atoms with Crippen LogP contribution in [0.15, 0.2) is 57.3 Å². The summed E-state index contributed by atoms with van der Waals surface area (Å²) in [5.41, 5.74) is 8.54. The van der Waals surface area contributed by atoms with E-state index in [4.69, 9.17) is 14.7 Å². The quantitative estimate of drug-likeness (QED) is 0.0791. The molecule has 1 aromatic carbocycles. The molecule has 0 bridgehead atoms. The van der Waals surface area contributed by atoms with E-state index in [-0.39, 0.29) is 36.0 Å². The number of nitrogens with zero attached hydrogens (tertiary/aromatic N) is 9. The maximum atomic E-state index is 13.4. The van der Waals surface area contributed by atoms with Crippen LogP contribution in [0, 0.1) is 12.7 Å². The lowest BCUT2D eigenvalue weighted by Gasteiger charge is -2.37. The zero-order valence-electron chi connectivity index (χ0n) is 26.4. The van der Waals surface area contributed by atoms with Gasteiger partial charge in [-0.25, -0.2) is 18.4 Å². The Labute approximate surface area is 264 Å². The maximum absolute atomic E-state index is 13.4. The molecule has 0 unspecified atom stereocenters. The molecule has 1 aliphatic rings. The molecule has 15 nitrogen and oxygen atoms in total. The number of ether oxygens (including phenoxy) is 1. The first-order valence-corrected chi connectivity index (χ1v) is 17.3. The third-order valence-corrected chi connectivity index (χ3v) is 12.6. The molecule has 1 saturated heterocycles. The highest BCUT2D eigenvalue weighted by molar-refractivity contribution is 6.74. The highest BCUT2D eigenvalue weighted by Gasteiger charge is 2.41. The van der Waals surface area contributed by atoms with E-state index in [1.165, 1.54) is 46.6 Å². The number of hydrogen-bond acceptors (Lipinski definition) is 10. The topological polar surface area (TPSA) is 192 Å². The molecule has 0 radical (unpaired) electrons. The lowest BCUT2D eigenvalue weighted by atomic mass is 10.1. The van der Waals surface area contributed by atoms with Gasteiger partial charge >= 0.3 is 5.69 Å². The molecular formula is C29H36FN9O6Si. The Hall–Kier alpha value is -4.70. The summed E-state index contributed by atoms with van der Waals surface area (Å²) in [6.07, 6.45) is 2.81. The number of rotatable bonds is 11. The summed E-state index contributed by atoms with van der Waals surface area (Å²) >= 11 is 0. The summed E-state index contributed by atoms with van der Waals surface area (Å²) in [6.45, 7) is 12.2. The van der Waals surface area contributed by atoms with Crippen molar-refractivity contribution in [3.8, 4) is 0 Å². The van der Waals surface area contributed by atoms with Crippen molar-refractivity contribution in [2.24, 2.45) is 5.11 Å². The zero-order chi connectivity index (χ0) is 33.8.